The van der Waals surface area contributed by atoms with Gasteiger partial charge in [0.25, 0.3) is 5.69 Å². The molecule has 0 spiro atoms. The van der Waals surface area contributed by atoms with Gasteiger partial charge in [-0.3, -0.25) is 15.1 Å². The molecule has 1 N–H and O–H groups in total. The highest BCUT2D eigenvalue weighted by Gasteiger charge is 2.44. The number of non-ortho nitro benzene ring substituents is 1. The summed E-state index contributed by atoms with van der Waals surface area (Å²) in [5, 5.41) is 15.4. The summed E-state index contributed by atoms with van der Waals surface area (Å²) in [5.41, 5.74) is 3.01. The number of nitrogens with one attached hydrogen (secondary N) is 1. The first kappa shape index (κ1) is 20.6. The largest absolute Gasteiger partial charge is 0.352 e. The van der Waals surface area contributed by atoms with Gasteiger partial charge in [-0.15, -0.1) is 0 Å². The minimum atomic E-state index is -0.373. The molecule has 32 heavy (non-hydrogen) atoms. The Morgan fingerprint density at radius 2 is 1.81 bits per heavy atom. The van der Waals surface area contributed by atoms with E-state index in [4.69, 9.17) is 12.2 Å². The molecule has 0 bridgehead atoms. The van der Waals surface area contributed by atoms with E-state index in [0.717, 1.165) is 35.0 Å². The topological polar surface area (TPSA) is 76.2 Å². The van der Waals surface area contributed by atoms with Crippen molar-refractivity contribution in [3.63, 3.8) is 0 Å². The van der Waals surface area contributed by atoms with Crippen LogP contribution in [0.25, 0.3) is 5.69 Å². The number of hydrogen-bond acceptors (Lipinski definition) is 4. The lowest BCUT2D eigenvalue weighted by Gasteiger charge is -2.37. The van der Waals surface area contributed by atoms with E-state index >= 15 is 0 Å². The average molecular weight is 448 g/mol. The van der Waals surface area contributed by atoms with Gasteiger partial charge in [-0.1, -0.05) is 25.3 Å². The van der Waals surface area contributed by atoms with Crippen molar-refractivity contribution >= 4 is 23.0 Å². The molecule has 5 rings (SSSR count). The van der Waals surface area contributed by atoms with Crippen molar-refractivity contribution in [1.82, 2.24) is 19.8 Å². The SMILES string of the molecule is O=[N+]([O-])c1ccc(-n2cccc2[C@H]2[C@@H](c3ccccn3)NC(=S)N2C2CCCCC2)cc1. The second-order valence-electron chi connectivity index (χ2n) is 8.40. The van der Waals surface area contributed by atoms with Crippen molar-refractivity contribution in [3.05, 3.63) is 88.5 Å². The van der Waals surface area contributed by atoms with Gasteiger partial charge < -0.3 is 14.8 Å². The molecule has 1 aliphatic heterocycles. The van der Waals surface area contributed by atoms with Crippen molar-refractivity contribution < 1.29 is 4.92 Å². The van der Waals surface area contributed by atoms with Crippen LogP contribution in [-0.4, -0.2) is 30.5 Å². The Morgan fingerprint density at radius 3 is 2.50 bits per heavy atom. The molecule has 2 fully saturated rings. The van der Waals surface area contributed by atoms with Crippen LogP contribution in [0, 0.1) is 10.1 Å². The fourth-order valence-corrected chi connectivity index (χ4v) is 5.43. The second-order valence-corrected chi connectivity index (χ2v) is 8.79. The number of hydrogen-bond donors (Lipinski definition) is 1. The molecule has 1 aliphatic carbocycles. The molecule has 1 aromatic carbocycles. The van der Waals surface area contributed by atoms with Crippen LogP contribution in [0.2, 0.25) is 0 Å². The van der Waals surface area contributed by atoms with Gasteiger partial charge in [-0.25, -0.2) is 0 Å². The van der Waals surface area contributed by atoms with E-state index in [0.29, 0.717) is 6.04 Å². The maximum Gasteiger partial charge on any atom is 0.269 e. The van der Waals surface area contributed by atoms with Crippen molar-refractivity contribution in [3.8, 4) is 5.69 Å². The molecule has 0 unspecified atom stereocenters. The quantitative estimate of drug-likeness (QED) is 0.334. The summed E-state index contributed by atoms with van der Waals surface area (Å²) in [4.78, 5) is 17.7. The molecule has 0 radical (unpaired) electrons. The lowest BCUT2D eigenvalue weighted by atomic mass is 9.92. The Labute approximate surface area is 192 Å². The molecular formula is C24H25N5O2S. The third-order valence-corrected chi connectivity index (χ3v) is 6.85. The van der Waals surface area contributed by atoms with Crippen LogP contribution in [0.5, 0.6) is 0 Å². The lowest BCUT2D eigenvalue weighted by Crippen LogP contribution is -2.40. The normalized spacial score (nSPS) is 21.5. The summed E-state index contributed by atoms with van der Waals surface area (Å²) in [6.07, 6.45) is 9.79. The maximum absolute atomic E-state index is 11.1. The number of rotatable bonds is 5. The van der Waals surface area contributed by atoms with E-state index < -0.39 is 0 Å². The summed E-state index contributed by atoms with van der Waals surface area (Å²) in [5.74, 6) is 0. The van der Waals surface area contributed by atoms with E-state index in [1.54, 1.807) is 24.3 Å². The van der Waals surface area contributed by atoms with Crippen molar-refractivity contribution in [1.29, 1.82) is 0 Å². The van der Waals surface area contributed by atoms with Crippen LogP contribution >= 0.6 is 12.2 Å². The van der Waals surface area contributed by atoms with Crippen LogP contribution in [-0.2, 0) is 0 Å². The standard InChI is InChI=1S/C24H25N5O2S/c30-29(31)19-13-11-17(12-14-19)27-16-6-10-21(27)23-22(20-9-4-5-15-25-20)26-24(32)28(23)18-7-2-1-3-8-18/h4-6,9-16,18,22-23H,1-3,7-8H2,(H,26,32)/t22-,23+/m1/s1. The van der Waals surface area contributed by atoms with Gasteiger partial charge in [-0.2, -0.15) is 0 Å². The molecule has 8 heteroatoms. The van der Waals surface area contributed by atoms with E-state index in [1.165, 1.54) is 19.3 Å². The smallest absolute Gasteiger partial charge is 0.269 e. The van der Waals surface area contributed by atoms with E-state index in [-0.39, 0.29) is 22.7 Å². The van der Waals surface area contributed by atoms with Gasteiger partial charge in [0.1, 0.15) is 0 Å². The molecule has 3 heterocycles. The zero-order valence-corrected chi connectivity index (χ0v) is 18.4. The van der Waals surface area contributed by atoms with E-state index in [1.807, 2.05) is 36.7 Å². The summed E-state index contributed by atoms with van der Waals surface area (Å²) in [6.45, 7) is 0. The Bertz CT molecular complexity index is 1110. The molecular weight excluding hydrogens is 422 g/mol. The fourth-order valence-electron chi connectivity index (χ4n) is 5.04. The van der Waals surface area contributed by atoms with Crippen molar-refractivity contribution in [2.75, 3.05) is 0 Å². The summed E-state index contributed by atoms with van der Waals surface area (Å²) >= 11 is 5.86. The number of pyridine rings is 1. The molecule has 1 saturated heterocycles. The number of nitrogens with zero attached hydrogens (tertiary/aromatic N) is 4. The zero-order valence-electron chi connectivity index (χ0n) is 17.6. The molecule has 0 amide bonds. The Balaban J connectivity index is 1.58. The fraction of sp³-hybridized carbons (Fsp3) is 0.333. The molecule has 2 aromatic heterocycles. The van der Waals surface area contributed by atoms with Gasteiger partial charge in [0.15, 0.2) is 5.11 Å². The minimum Gasteiger partial charge on any atom is -0.352 e. The highest BCUT2D eigenvalue weighted by molar-refractivity contribution is 7.80. The van der Waals surface area contributed by atoms with Crippen LogP contribution < -0.4 is 5.32 Å². The third-order valence-electron chi connectivity index (χ3n) is 6.53. The Kier molecular flexibility index (Phi) is 5.61. The number of aromatic nitrogens is 2. The second kappa shape index (κ2) is 8.70. The predicted octanol–water partition coefficient (Wildman–Crippen LogP) is 5.09. The Hall–Kier alpha value is -3.26. The molecule has 164 valence electrons. The molecule has 3 aromatic rings. The predicted molar refractivity (Wildman–Crippen MR) is 127 cm³/mol. The van der Waals surface area contributed by atoms with Crippen molar-refractivity contribution in [2.24, 2.45) is 0 Å². The first-order chi connectivity index (χ1) is 15.6. The minimum absolute atomic E-state index is 0.0225. The lowest BCUT2D eigenvalue weighted by molar-refractivity contribution is -0.384. The Morgan fingerprint density at radius 1 is 1.03 bits per heavy atom. The molecule has 7 nitrogen and oxygen atoms in total. The highest BCUT2D eigenvalue weighted by atomic mass is 32.1. The summed E-state index contributed by atoms with van der Waals surface area (Å²) < 4.78 is 2.11. The number of thiocarbonyl (C=S) groups is 1. The molecule has 2 aliphatic rings. The van der Waals surface area contributed by atoms with E-state index in [9.17, 15) is 10.1 Å². The van der Waals surface area contributed by atoms with Crippen LogP contribution in [0.3, 0.4) is 0 Å². The van der Waals surface area contributed by atoms with Crippen LogP contribution in [0.15, 0.2) is 67.0 Å². The van der Waals surface area contributed by atoms with E-state index in [2.05, 4.69) is 25.8 Å². The van der Waals surface area contributed by atoms with Crippen LogP contribution in [0.1, 0.15) is 55.6 Å². The number of nitro groups is 1. The maximum atomic E-state index is 11.1. The monoisotopic (exact) mass is 447 g/mol. The number of nitro benzene ring substituents is 1. The van der Waals surface area contributed by atoms with Gasteiger partial charge in [0.05, 0.1) is 22.7 Å². The van der Waals surface area contributed by atoms with Gasteiger partial charge >= 0.3 is 0 Å². The number of benzene rings is 1. The first-order valence-electron chi connectivity index (χ1n) is 11.1. The average Bonchev–Trinajstić information content (AvgIpc) is 3.44. The van der Waals surface area contributed by atoms with Crippen LogP contribution in [0.4, 0.5) is 5.69 Å². The highest BCUT2D eigenvalue weighted by Crippen LogP contribution is 2.43. The summed E-state index contributed by atoms with van der Waals surface area (Å²) in [6, 6.07) is 17.1. The zero-order chi connectivity index (χ0) is 22.1. The first-order valence-corrected chi connectivity index (χ1v) is 11.5. The molecule has 2 atom stereocenters. The van der Waals surface area contributed by atoms with Gasteiger partial charge in [-0.05, 0) is 61.5 Å². The summed E-state index contributed by atoms with van der Waals surface area (Å²) in [7, 11) is 0. The van der Waals surface area contributed by atoms with Gasteiger partial charge in [0.2, 0.25) is 0 Å². The third kappa shape index (κ3) is 3.75. The molecule has 1 saturated carbocycles. The van der Waals surface area contributed by atoms with Crippen molar-refractivity contribution in [2.45, 2.75) is 50.2 Å². The van der Waals surface area contributed by atoms with Gasteiger partial charge in [0, 0.05) is 41.9 Å².